The summed E-state index contributed by atoms with van der Waals surface area (Å²) in [6.45, 7) is 1.96. The van der Waals surface area contributed by atoms with Crippen molar-refractivity contribution in [1.29, 1.82) is 0 Å². The molecule has 0 heterocycles. The van der Waals surface area contributed by atoms with Gasteiger partial charge in [0.1, 0.15) is 0 Å². The Bertz CT molecular complexity index is 458. The number of rotatable bonds is 11. The fourth-order valence-electron chi connectivity index (χ4n) is 1.22. The second kappa shape index (κ2) is 8.79. The predicted molar refractivity (Wildman–Crippen MR) is 68.6 cm³/mol. The summed E-state index contributed by atoms with van der Waals surface area (Å²) < 4.78 is 110. The molecule has 2 amide bonds. The van der Waals surface area contributed by atoms with Crippen molar-refractivity contribution in [2.75, 3.05) is 13.1 Å². The SMILES string of the molecule is CCCNC(=O)C(F)(F)OC(F)(F)C(F)(F)OC(F)(F)C(=O)NCCC. The van der Waals surface area contributed by atoms with E-state index in [1.54, 1.807) is 0 Å². The zero-order valence-electron chi connectivity index (χ0n) is 13.5. The summed E-state index contributed by atoms with van der Waals surface area (Å²) in [5, 5.41) is 2.78. The van der Waals surface area contributed by atoms with Crippen LogP contribution in [-0.2, 0) is 19.1 Å². The molecule has 154 valence electrons. The highest BCUT2D eigenvalue weighted by Gasteiger charge is 2.69. The van der Waals surface area contributed by atoms with E-state index in [9.17, 15) is 44.7 Å². The first-order chi connectivity index (χ1) is 11.6. The second-order valence-electron chi connectivity index (χ2n) is 4.78. The maximum atomic E-state index is 13.2. The summed E-state index contributed by atoms with van der Waals surface area (Å²) >= 11 is 0. The minimum atomic E-state index is -6.38. The average Bonchev–Trinajstić information content (AvgIpc) is 2.47. The summed E-state index contributed by atoms with van der Waals surface area (Å²) in [5.74, 6) is -5.00. The lowest BCUT2D eigenvalue weighted by Crippen LogP contribution is -2.57. The minimum Gasteiger partial charge on any atom is -0.349 e. The Hall–Kier alpha value is -1.70. The first-order valence-electron chi connectivity index (χ1n) is 7.11. The van der Waals surface area contributed by atoms with Gasteiger partial charge in [-0.25, -0.2) is 9.47 Å². The highest BCUT2D eigenvalue weighted by molar-refractivity contribution is 5.82. The molecule has 0 saturated carbocycles. The van der Waals surface area contributed by atoms with E-state index < -0.39 is 49.3 Å². The van der Waals surface area contributed by atoms with Gasteiger partial charge in [0.05, 0.1) is 0 Å². The third-order valence-corrected chi connectivity index (χ3v) is 2.45. The number of hydrogen-bond acceptors (Lipinski definition) is 4. The van der Waals surface area contributed by atoms with Crippen molar-refractivity contribution in [2.45, 2.75) is 51.1 Å². The molecule has 0 aliphatic rings. The van der Waals surface area contributed by atoms with Crippen LogP contribution in [0.5, 0.6) is 0 Å². The van der Waals surface area contributed by atoms with Crippen LogP contribution in [-0.4, -0.2) is 49.3 Å². The van der Waals surface area contributed by atoms with E-state index in [0.29, 0.717) is 0 Å². The molecule has 0 atom stereocenters. The van der Waals surface area contributed by atoms with Gasteiger partial charge in [0.25, 0.3) is 0 Å². The Morgan fingerprint density at radius 1 is 0.692 bits per heavy atom. The van der Waals surface area contributed by atoms with Crippen LogP contribution in [0.25, 0.3) is 0 Å². The molecule has 0 aromatic carbocycles. The molecular formula is C12H16F8N2O4. The minimum absolute atomic E-state index is 0.0938. The van der Waals surface area contributed by atoms with Gasteiger partial charge in [0, 0.05) is 13.1 Å². The van der Waals surface area contributed by atoms with Gasteiger partial charge in [0.2, 0.25) is 0 Å². The molecule has 0 bridgehead atoms. The van der Waals surface area contributed by atoms with E-state index >= 15 is 0 Å². The van der Waals surface area contributed by atoms with Gasteiger partial charge in [-0.15, -0.1) is 0 Å². The van der Waals surface area contributed by atoms with E-state index in [1.165, 1.54) is 24.5 Å². The van der Waals surface area contributed by atoms with Crippen LogP contribution in [0.15, 0.2) is 0 Å². The topological polar surface area (TPSA) is 76.7 Å². The molecule has 2 N–H and O–H groups in total. The van der Waals surface area contributed by atoms with Crippen LogP contribution >= 0.6 is 0 Å². The average molecular weight is 404 g/mol. The normalized spacial score (nSPS) is 13.5. The molecule has 0 aromatic heterocycles. The van der Waals surface area contributed by atoms with Crippen LogP contribution in [0.2, 0.25) is 0 Å². The number of carbonyl (C=O) groups excluding carboxylic acids is 2. The van der Waals surface area contributed by atoms with Crippen molar-refractivity contribution in [3.05, 3.63) is 0 Å². The van der Waals surface area contributed by atoms with E-state index in [2.05, 4.69) is 9.47 Å². The molecule has 0 rings (SSSR count). The number of hydrogen-bond donors (Lipinski definition) is 2. The number of amides is 2. The maximum Gasteiger partial charge on any atom is 0.453 e. The number of alkyl halides is 8. The first-order valence-corrected chi connectivity index (χ1v) is 7.11. The number of halogens is 8. The number of ether oxygens (including phenoxy) is 2. The summed E-state index contributed by atoms with van der Waals surface area (Å²) in [6.07, 6.45) is -23.6. The monoisotopic (exact) mass is 404 g/mol. The van der Waals surface area contributed by atoms with Crippen molar-refractivity contribution >= 4 is 11.8 Å². The summed E-state index contributed by atoms with van der Waals surface area (Å²) in [7, 11) is 0. The molecule has 0 spiro atoms. The Balaban J connectivity index is 5.23. The lowest BCUT2D eigenvalue weighted by Gasteiger charge is -2.30. The smallest absolute Gasteiger partial charge is 0.349 e. The fourth-order valence-corrected chi connectivity index (χ4v) is 1.22. The van der Waals surface area contributed by atoms with Crippen molar-refractivity contribution in [1.82, 2.24) is 10.6 Å². The summed E-state index contributed by atoms with van der Waals surface area (Å²) in [5.41, 5.74) is 0. The largest absolute Gasteiger partial charge is 0.453 e. The quantitative estimate of drug-likeness (QED) is 0.519. The van der Waals surface area contributed by atoms with Gasteiger partial charge in [-0.3, -0.25) is 9.59 Å². The Morgan fingerprint density at radius 2 is 0.962 bits per heavy atom. The highest BCUT2D eigenvalue weighted by Crippen LogP contribution is 2.43. The van der Waals surface area contributed by atoms with E-state index in [1.807, 2.05) is 0 Å². The third kappa shape index (κ3) is 6.55. The molecule has 26 heavy (non-hydrogen) atoms. The van der Waals surface area contributed by atoms with Crippen molar-refractivity contribution in [3.8, 4) is 0 Å². The summed E-state index contributed by atoms with van der Waals surface area (Å²) in [6, 6.07) is 0. The van der Waals surface area contributed by atoms with Crippen molar-refractivity contribution < 1.29 is 54.2 Å². The Kier molecular flexibility index (Phi) is 8.22. The first kappa shape index (κ1) is 24.3. The molecule has 0 aliphatic heterocycles. The van der Waals surface area contributed by atoms with E-state index in [0.717, 1.165) is 0 Å². The molecule has 0 fully saturated rings. The van der Waals surface area contributed by atoms with Crippen LogP contribution in [0.3, 0.4) is 0 Å². The second-order valence-corrected chi connectivity index (χ2v) is 4.78. The van der Waals surface area contributed by atoms with Crippen molar-refractivity contribution in [3.63, 3.8) is 0 Å². The molecular weight excluding hydrogens is 388 g/mol. The lowest BCUT2D eigenvalue weighted by atomic mass is 10.4. The van der Waals surface area contributed by atoms with Crippen molar-refractivity contribution in [2.24, 2.45) is 0 Å². The molecule has 14 heteroatoms. The lowest BCUT2D eigenvalue weighted by molar-refractivity contribution is -0.499. The zero-order valence-corrected chi connectivity index (χ0v) is 13.5. The third-order valence-electron chi connectivity index (χ3n) is 2.45. The highest BCUT2D eigenvalue weighted by atomic mass is 19.3. The number of carbonyl (C=O) groups is 2. The van der Waals surface area contributed by atoms with Crippen LogP contribution in [0, 0.1) is 0 Å². The maximum absolute atomic E-state index is 13.2. The zero-order chi connectivity index (χ0) is 20.8. The molecule has 6 nitrogen and oxygen atoms in total. The molecule has 0 aromatic rings. The van der Waals surface area contributed by atoms with E-state index in [4.69, 9.17) is 0 Å². The van der Waals surface area contributed by atoms with Crippen LogP contribution in [0.1, 0.15) is 26.7 Å². The molecule has 0 saturated heterocycles. The van der Waals surface area contributed by atoms with Gasteiger partial charge in [-0.2, -0.15) is 35.1 Å². The fraction of sp³-hybridized carbons (Fsp3) is 0.833. The van der Waals surface area contributed by atoms with Gasteiger partial charge >= 0.3 is 36.2 Å². The standard InChI is InChI=1S/C12H16F8N2O4/c1-3-5-21-7(23)9(13,14)25-11(17,18)12(19,20)26-10(15,16)8(24)22-6-4-2/h3-6H2,1-2H3,(H,21,23)(H,22,24). The Labute approximate surface area is 142 Å². The molecule has 0 unspecified atom stereocenters. The van der Waals surface area contributed by atoms with Crippen LogP contribution in [0.4, 0.5) is 35.1 Å². The molecule has 0 aliphatic carbocycles. The molecule has 0 radical (unpaired) electrons. The Morgan fingerprint density at radius 3 is 1.19 bits per heavy atom. The van der Waals surface area contributed by atoms with Gasteiger partial charge in [-0.05, 0) is 12.8 Å². The number of nitrogens with one attached hydrogen (secondary N) is 2. The van der Waals surface area contributed by atoms with Gasteiger partial charge in [0.15, 0.2) is 0 Å². The summed E-state index contributed by atoms with van der Waals surface area (Å²) in [4.78, 5) is 21.8. The van der Waals surface area contributed by atoms with Gasteiger partial charge < -0.3 is 10.6 Å². The van der Waals surface area contributed by atoms with Gasteiger partial charge in [-0.1, -0.05) is 13.8 Å². The van der Waals surface area contributed by atoms with E-state index in [-0.39, 0.29) is 12.8 Å². The van der Waals surface area contributed by atoms with Crippen LogP contribution < -0.4 is 10.6 Å². The predicted octanol–water partition coefficient (Wildman–Crippen LogP) is 2.44.